The number of amides is 3. The highest BCUT2D eigenvalue weighted by Gasteiger charge is 2.23. The summed E-state index contributed by atoms with van der Waals surface area (Å²) in [5.74, 6) is 0.990. The van der Waals surface area contributed by atoms with Crippen molar-refractivity contribution in [1.29, 1.82) is 0 Å². The average Bonchev–Trinajstić information content (AvgIpc) is 3.26. The van der Waals surface area contributed by atoms with E-state index in [1.807, 2.05) is 61.5 Å². The minimum atomic E-state index is -0.303. The Labute approximate surface area is 213 Å². The number of unbranched alkanes of at least 4 members (excludes halogenated alkanes) is 1. The molecule has 3 aromatic rings. The number of rotatable bonds is 9. The molecule has 0 spiro atoms. The van der Waals surface area contributed by atoms with Crippen molar-refractivity contribution in [3.05, 3.63) is 65.9 Å². The fraction of sp³-hybridized carbons (Fsp3) is 0.393. The molecule has 3 rings (SSSR count). The summed E-state index contributed by atoms with van der Waals surface area (Å²) in [7, 11) is 1.62. The molecule has 0 saturated heterocycles. The highest BCUT2D eigenvalue weighted by Crippen LogP contribution is 2.27. The maximum Gasteiger partial charge on any atom is 0.322 e. The number of anilines is 2. The number of urea groups is 1. The number of methoxy groups -OCH3 is 1. The molecule has 1 heterocycles. The van der Waals surface area contributed by atoms with Crippen molar-refractivity contribution in [2.24, 2.45) is 0 Å². The van der Waals surface area contributed by atoms with Crippen molar-refractivity contribution in [3.8, 4) is 11.4 Å². The Bertz CT molecular complexity index is 1180. The number of ether oxygens (including phenoxy) is 1. The van der Waals surface area contributed by atoms with Crippen LogP contribution < -0.4 is 15.4 Å². The lowest BCUT2D eigenvalue weighted by molar-refractivity contribution is -0.116. The van der Waals surface area contributed by atoms with Crippen molar-refractivity contribution in [2.45, 2.75) is 52.9 Å². The van der Waals surface area contributed by atoms with Crippen molar-refractivity contribution >= 4 is 23.4 Å². The summed E-state index contributed by atoms with van der Waals surface area (Å²) in [5.41, 5.74) is 3.18. The van der Waals surface area contributed by atoms with Crippen molar-refractivity contribution in [2.75, 3.05) is 30.8 Å². The fourth-order valence-corrected chi connectivity index (χ4v) is 3.64. The summed E-state index contributed by atoms with van der Waals surface area (Å²) in [4.78, 5) is 27.7. The molecule has 0 aliphatic heterocycles. The van der Waals surface area contributed by atoms with E-state index in [1.165, 1.54) is 0 Å². The minimum Gasteiger partial charge on any atom is -0.497 e. The van der Waals surface area contributed by atoms with Crippen LogP contribution in [0.5, 0.6) is 5.75 Å². The molecule has 3 amide bonds. The minimum absolute atomic E-state index is 0.0731. The molecular formula is C28H37N5O3. The van der Waals surface area contributed by atoms with Gasteiger partial charge in [0.1, 0.15) is 18.1 Å². The molecule has 0 aliphatic rings. The lowest BCUT2D eigenvalue weighted by Crippen LogP contribution is -2.41. The lowest BCUT2D eigenvalue weighted by atomic mass is 9.92. The molecule has 0 atom stereocenters. The van der Waals surface area contributed by atoms with Crippen LogP contribution in [-0.4, -0.2) is 46.8 Å². The third-order valence-electron chi connectivity index (χ3n) is 5.73. The predicted molar refractivity (Wildman–Crippen MR) is 144 cm³/mol. The molecule has 0 radical (unpaired) electrons. The topological polar surface area (TPSA) is 88.5 Å². The first kappa shape index (κ1) is 26.8. The van der Waals surface area contributed by atoms with E-state index >= 15 is 0 Å². The molecule has 2 N–H and O–H groups in total. The number of hydrogen-bond acceptors (Lipinski definition) is 4. The van der Waals surface area contributed by atoms with Crippen LogP contribution in [0.2, 0.25) is 0 Å². The molecule has 36 heavy (non-hydrogen) atoms. The fourth-order valence-electron chi connectivity index (χ4n) is 3.64. The van der Waals surface area contributed by atoms with Crippen LogP contribution in [0.3, 0.4) is 0 Å². The predicted octanol–water partition coefficient (Wildman–Crippen LogP) is 5.76. The molecule has 0 aliphatic carbocycles. The molecule has 1 aromatic heterocycles. The number of carbonyl (C=O) groups excluding carboxylic acids is 2. The van der Waals surface area contributed by atoms with Gasteiger partial charge in [-0.15, -0.1) is 0 Å². The van der Waals surface area contributed by atoms with Gasteiger partial charge in [-0.1, -0.05) is 46.2 Å². The number of hydrogen-bond donors (Lipinski definition) is 2. The molecule has 8 nitrogen and oxygen atoms in total. The second-order valence-corrected chi connectivity index (χ2v) is 9.90. The SMILES string of the molecule is CCCCN(CC(=O)Nc1cc(C(C)(C)C)nn1-c1ccc(OC)cc1)C(=O)Nc1cccc(C)c1. The Kier molecular flexibility index (Phi) is 8.74. The van der Waals surface area contributed by atoms with E-state index in [9.17, 15) is 9.59 Å². The number of benzene rings is 2. The summed E-state index contributed by atoms with van der Waals surface area (Å²) in [6.45, 7) is 10.6. The van der Waals surface area contributed by atoms with E-state index in [2.05, 4.69) is 38.3 Å². The number of carbonyl (C=O) groups is 2. The molecule has 0 unspecified atom stereocenters. The van der Waals surface area contributed by atoms with Crippen molar-refractivity contribution < 1.29 is 14.3 Å². The first-order chi connectivity index (χ1) is 17.1. The first-order valence-electron chi connectivity index (χ1n) is 12.3. The van der Waals surface area contributed by atoms with E-state index in [1.54, 1.807) is 16.7 Å². The van der Waals surface area contributed by atoms with Gasteiger partial charge in [-0.05, 0) is 55.3 Å². The Hall–Kier alpha value is -3.81. The molecule has 192 valence electrons. The third-order valence-corrected chi connectivity index (χ3v) is 5.73. The Balaban J connectivity index is 1.80. The van der Waals surface area contributed by atoms with E-state index in [0.29, 0.717) is 18.1 Å². The normalized spacial score (nSPS) is 11.2. The van der Waals surface area contributed by atoms with Gasteiger partial charge >= 0.3 is 6.03 Å². The summed E-state index contributed by atoms with van der Waals surface area (Å²) >= 11 is 0. The Morgan fingerprint density at radius 1 is 1.06 bits per heavy atom. The zero-order chi connectivity index (χ0) is 26.3. The van der Waals surface area contributed by atoms with Crippen molar-refractivity contribution in [3.63, 3.8) is 0 Å². The van der Waals surface area contributed by atoms with Crippen LogP contribution in [0.4, 0.5) is 16.3 Å². The van der Waals surface area contributed by atoms with E-state index in [0.717, 1.165) is 35.5 Å². The smallest absolute Gasteiger partial charge is 0.322 e. The summed E-state index contributed by atoms with van der Waals surface area (Å²) in [6, 6.07) is 16.6. The second kappa shape index (κ2) is 11.7. The van der Waals surface area contributed by atoms with Gasteiger partial charge in [0, 0.05) is 23.7 Å². The Morgan fingerprint density at radius 2 is 1.78 bits per heavy atom. The number of nitrogens with one attached hydrogen (secondary N) is 2. The largest absolute Gasteiger partial charge is 0.497 e. The molecule has 0 bridgehead atoms. The van der Waals surface area contributed by atoms with Gasteiger partial charge in [-0.2, -0.15) is 5.10 Å². The van der Waals surface area contributed by atoms with Gasteiger partial charge in [0.2, 0.25) is 5.91 Å². The third kappa shape index (κ3) is 7.10. The summed E-state index contributed by atoms with van der Waals surface area (Å²) in [6.07, 6.45) is 1.71. The van der Waals surface area contributed by atoms with Gasteiger partial charge in [0.15, 0.2) is 0 Å². The van der Waals surface area contributed by atoms with Crippen LogP contribution in [0.25, 0.3) is 5.69 Å². The van der Waals surface area contributed by atoms with Gasteiger partial charge in [-0.3, -0.25) is 4.79 Å². The number of aryl methyl sites for hydroxylation is 1. The average molecular weight is 492 g/mol. The van der Waals surface area contributed by atoms with Gasteiger partial charge in [0.25, 0.3) is 0 Å². The standard InChI is InChI=1S/C28H37N5O3/c1-7-8-16-32(27(35)29-21-11-9-10-20(2)17-21)19-26(34)30-25-18-24(28(3,4)5)31-33(25)22-12-14-23(36-6)15-13-22/h9-15,17-18H,7-8,16,19H2,1-6H3,(H,29,35)(H,30,34). The highest BCUT2D eigenvalue weighted by molar-refractivity contribution is 5.96. The molecule has 8 heteroatoms. The van der Waals surface area contributed by atoms with Gasteiger partial charge in [0.05, 0.1) is 18.5 Å². The van der Waals surface area contributed by atoms with E-state index in [4.69, 9.17) is 9.84 Å². The first-order valence-corrected chi connectivity index (χ1v) is 12.3. The highest BCUT2D eigenvalue weighted by atomic mass is 16.5. The van der Waals surface area contributed by atoms with Crippen LogP contribution in [0.15, 0.2) is 54.6 Å². The molecular weight excluding hydrogens is 454 g/mol. The van der Waals surface area contributed by atoms with E-state index in [-0.39, 0.29) is 23.9 Å². The van der Waals surface area contributed by atoms with Gasteiger partial charge in [-0.25, -0.2) is 9.48 Å². The number of aromatic nitrogens is 2. The molecule has 0 fully saturated rings. The van der Waals surface area contributed by atoms with Gasteiger partial charge < -0.3 is 20.3 Å². The zero-order valence-corrected chi connectivity index (χ0v) is 22.1. The monoisotopic (exact) mass is 491 g/mol. The van der Waals surface area contributed by atoms with Crippen LogP contribution in [0.1, 0.15) is 51.8 Å². The quantitative estimate of drug-likeness (QED) is 0.398. The van der Waals surface area contributed by atoms with Crippen molar-refractivity contribution in [1.82, 2.24) is 14.7 Å². The maximum atomic E-state index is 13.1. The zero-order valence-electron chi connectivity index (χ0n) is 22.1. The summed E-state index contributed by atoms with van der Waals surface area (Å²) < 4.78 is 6.97. The maximum absolute atomic E-state index is 13.1. The second-order valence-electron chi connectivity index (χ2n) is 9.90. The number of nitrogens with zero attached hydrogens (tertiary/aromatic N) is 3. The molecule has 0 saturated carbocycles. The Morgan fingerprint density at radius 3 is 2.39 bits per heavy atom. The van der Waals surface area contributed by atoms with Crippen LogP contribution in [-0.2, 0) is 10.2 Å². The molecule has 2 aromatic carbocycles. The van der Waals surface area contributed by atoms with Crippen LogP contribution in [0, 0.1) is 6.92 Å². The summed E-state index contributed by atoms with van der Waals surface area (Å²) in [5, 5.41) is 10.6. The lowest BCUT2D eigenvalue weighted by Gasteiger charge is -2.22. The van der Waals surface area contributed by atoms with E-state index < -0.39 is 0 Å². The van der Waals surface area contributed by atoms with Crippen LogP contribution >= 0.6 is 0 Å².